The number of guanidine groups is 1. The van der Waals surface area contributed by atoms with Crippen LogP contribution in [0.4, 0.5) is 0 Å². The van der Waals surface area contributed by atoms with Gasteiger partial charge in [0.05, 0.1) is 6.20 Å². The molecule has 0 bridgehead atoms. The zero-order chi connectivity index (χ0) is 21.6. The Balaban J connectivity index is 0.00000289. The molecule has 2 fully saturated rings. The Labute approximate surface area is 206 Å². The molecule has 1 aromatic heterocycles. The minimum Gasteiger partial charge on any atom is -0.439 e. The van der Waals surface area contributed by atoms with Crippen LogP contribution < -0.4 is 5.32 Å². The molecule has 1 aromatic carbocycles. The lowest BCUT2D eigenvalue weighted by molar-refractivity contribution is -0.142. The van der Waals surface area contributed by atoms with Crippen molar-refractivity contribution in [2.24, 2.45) is 4.99 Å². The minimum absolute atomic E-state index is 0. The zero-order valence-electron chi connectivity index (χ0n) is 18.7. The summed E-state index contributed by atoms with van der Waals surface area (Å²) < 4.78 is 11.4. The van der Waals surface area contributed by atoms with Gasteiger partial charge in [-0.2, -0.15) is 0 Å². The van der Waals surface area contributed by atoms with Crippen LogP contribution in [0.3, 0.4) is 0 Å². The quantitative estimate of drug-likeness (QED) is 0.348. The van der Waals surface area contributed by atoms with Gasteiger partial charge in [-0.1, -0.05) is 29.8 Å². The van der Waals surface area contributed by atoms with Crippen molar-refractivity contribution in [1.82, 2.24) is 20.1 Å². The first-order valence-corrected chi connectivity index (χ1v) is 11.1. The largest absolute Gasteiger partial charge is 0.439 e. The summed E-state index contributed by atoms with van der Waals surface area (Å²) >= 11 is 0. The highest BCUT2D eigenvalue weighted by Crippen LogP contribution is 2.21. The molecule has 0 saturated carbocycles. The summed E-state index contributed by atoms with van der Waals surface area (Å²) in [6.07, 6.45) is 3.31. The Morgan fingerprint density at radius 3 is 2.56 bits per heavy atom. The molecule has 2 saturated heterocycles. The summed E-state index contributed by atoms with van der Waals surface area (Å²) in [5, 5.41) is 3.34. The maximum absolute atomic E-state index is 12.6. The van der Waals surface area contributed by atoms with Gasteiger partial charge in [0.1, 0.15) is 12.6 Å². The van der Waals surface area contributed by atoms with Gasteiger partial charge in [0.25, 0.3) is 5.91 Å². The first kappa shape index (κ1) is 24.5. The van der Waals surface area contributed by atoms with Gasteiger partial charge in [-0.3, -0.25) is 4.79 Å². The van der Waals surface area contributed by atoms with Crippen LogP contribution in [0.5, 0.6) is 0 Å². The summed E-state index contributed by atoms with van der Waals surface area (Å²) in [6.45, 7) is 8.78. The Hall–Kier alpha value is -2.14. The zero-order valence-corrected chi connectivity index (χ0v) is 21.1. The number of benzene rings is 1. The predicted molar refractivity (Wildman–Crippen MR) is 134 cm³/mol. The monoisotopic (exact) mass is 553 g/mol. The lowest BCUT2D eigenvalue weighted by atomic mass is 10.1. The van der Waals surface area contributed by atoms with E-state index >= 15 is 0 Å². The van der Waals surface area contributed by atoms with Crippen LogP contribution in [-0.4, -0.2) is 72.1 Å². The number of nitrogens with zero attached hydrogens (tertiary/aromatic N) is 4. The smallest absolute Gasteiger partial charge is 0.251 e. The van der Waals surface area contributed by atoms with E-state index in [4.69, 9.17) is 14.1 Å². The van der Waals surface area contributed by atoms with E-state index in [0.29, 0.717) is 32.1 Å². The number of hydrogen-bond donors (Lipinski definition) is 1. The van der Waals surface area contributed by atoms with Crippen LogP contribution >= 0.6 is 24.0 Å². The molecule has 0 radical (unpaired) electrons. The molecule has 1 N–H and O–H groups in total. The number of rotatable bonds is 5. The summed E-state index contributed by atoms with van der Waals surface area (Å²) in [6, 6.07) is 8.18. The van der Waals surface area contributed by atoms with Crippen LogP contribution in [0, 0.1) is 6.92 Å². The highest BCUT2D eigenvalue weighted by molar-refractivity contribution is 14.0. The summed E-state index contributed by atoms with van der Waals surface area (Å²) in [5.74, 6) is 2.28. The van der Waals surface area contributed by atoms with E-state index in [9.17, 15) is 4.79 Å². The molecule has 9 heteroatoms. The molecule has 2 aliphatic rings. The van der Waals surface area contributed by atoms with E-state index in [-0.39, 0.29) is 36.0 Å². The Morgan fingerprint density at radius 2 is 1.91 bits per heavy atom. The molecule has 1 atom stereocenters. The molecule has 3 heterocycles. The molecule has 1 amide bonds. The van der Waals surface area contributed by atoms with E-state index < -0.39 is 0 Å². The number of ether oxygens (including phenoxy) is 1. The van der Waals surface area contributed by atoms with E-state index in [0.717, 1.165) is 49.8 Å². The van der Waals surface area contributed by atoms with Crippen LogP contribution in [0.15, 0.2) is 39.9 Å². The van der Waals surface area contributed by atoms with Gasteiger partial charge in [-0.05, 0) is 26.7 Å². The van der Waals surface area contributed by atoms with Crippen molar-refractivity contribution in [2.45, 2.75) is 39.3 Å². The van der Waals surface area contributed by atoms with Gasteiger partial charge in [-0.25, -0.2) is 9.98 Å². The number of nitrogens with one attached hydrogen (secondary N) is 1. The van der Waals surface area contributed by atoms with Crippen molar-refractivity contribution in [1.29, 1.82) is 0 Å². The topological polar surface area (TPSA) is 83.2 Å². The number of carbonyl (C=O) groups is 1. The number of aryl methyl sites for hydroxylation is 1. The second-order valence-electron chi connectivity index (χ2n) is 7.97. The fourth-order valence-electron chi connectivity index (χ4n) is 3.92. The maximum atomic E-state index is 12.6. The van der Waals surface area contributed by atoms with Gasteiger partial charge in [-0.15, -0.1) is 24.0 Å². The minimum atomic E-state index is -0.249. The summed E-state index contributed by atoms with van der Waals surface area (Å²) in [5.41, 5.74) is 2.22. The normalized spacial score (nSPS) is 19.1. The second kappa shape index (κ2) is 11.6. The highest BCUT2D eigenvalue weighted by Gasteiger charge is 2.30. The molecule has 174 valence electrons. The lowest BCUT2D eigenvalue weighted by Gasteiger charge is -2.37. The van der Waals surface area contributed by atoms with Gasteiger partial charge in [0.2, 0.25) is 5.89 Å². The van der Waals surface area contributed by atoms with Crippen molar-refractivity contribution >= 4 is 35.8 Å². The third kappa shape index (κ3) is 6.00. The molecule has 32 heavy (non-hydrogen) atoms. The Kier molecular flexibility index (Phi) is 8.92. The molecule has 8 nitrogen and oxygen atoms in total. The van der Waals surface area contributed by atoms with Crippen molar-refractivity contribution in [3.8, 4) is 11.3 Å². The van der Waals surface area contributed by atoms with E-state index in [2.05, 4.69) is 34.3 Å². The number of oxazole rings is 1. The Bertz CT molecular complexity index is 901. The molecular formula is C23H32IN5O3. The number of piperazine rings is 1. The SMILES string of the molecule is CCNC(=NCc1ncc(-c2ccc(C)cc2)o1)N1CCN(C(=O)C2CCCO2)CC1.I. The molecule has 2 aromatic rings. The summed E-state index contributed by atoms with van der Waals surface area (Å²) in [4.78, 5) is 25.8. The van der Waals surface area contributed by atoms with Crippen LogP contribution in [0.1, 0.15) is 31.2 Å². The Morgan fingerprint density at radius 1 is 1.19 bits per heavy atom. The van der Waals surface area contributed by atoms with Crippen molar-refractivity contribution in [3.63, 3.8) is 0 Å². The van der Waals surface area contributed by atoms with Crippen molar-refractivity contribution in [2.75, 3.05) is 39.3 Å². The fourth-order valence-corrected chi connectivity index (χ4v) is 3.92. The first-order valence-electron chi connectivity index (χ1n) is 11.1. The molecular weight excluding hydrogens is 521 g/mol. The standard InChI is InChI=1S/C23H31N5O3.HI/c1-3-24-23(28-12-10-27(11-13-28)22(29)19-5-4-14-30-19)26-16-21-25-15-20(31-21)18-8-6-17(2)7-9-18;/h6-9,15,19H,3-5,10-14,16H2,1-2H3,(H,24,26);1H. The maximum Gasteiger partial charge on any atom is 0.251 e. The molecule has 0 aliphatic carbocycles. The number of amides is 1. The average Bonchev–Trinajstić information content (AvgIpc) is 3.49. The van der Waals surface area contributed by atoms with E-state index in [1.54, 1.807) is 6.20 Å². The van der Waals surface area contributed by atoms with Gasteiger partial charge in [0.15, 0.2) is 11.7 Å². The predicted octanol–water partition coefficient (Wildman–Crippen LogP) is 3.06. The van der Waals surface area contributed by atoms with E-state index in [1.165, 1.54) is 5.56 Å². The lowest BCUT2D eigenvalue weighted by Crippen LogP contribution is -2.55. The summed E-state index contributed by atoms with van der Waals surface area (Å²) in [7, 11) is 0. The van der Waals surface area contributed by atoms with Crippen molar-refractivity contribution in [3.05, 3.63) is 41.9 Å². The number of aliphatic imine (C=N–C) groups is 1. The van der Waals surface area contributed by atoms with Crippen LogP contribution in [-0.2, 0) is 16.1 Å². The van der Waals surface area contributed by atoms with E-state index in [1.807, 2.05) is 24.0 Å². The number of halogens is 1. The second-order valence-corrected chi connectivity index (χ2v) is 7.97. The third-order valence-corrected chi connectivity index (χ3v) is 5.68. The van der Waals surface area contributed by atoms with Crippen LogP contribution in [0.2, 0.25) is 0 Å². The molecule has 2 aliphatic heterocycles. The third-order valence-electron chi connectivity index (χ3n) is 5.68. The van der Waals surface area contributed by atoms with Crippen LogP contribution in [0.25, 0.3) is 11.3 Å². The number of hydrogen-bond acceptors (Lipinski definition) is 5. The van der Waals surface area contributed by atoms with Crippen molar-refractivity contribution < 1.29 is 13.9 Å². The van der Waals surface area contributed by atoms with Gasteiger partial charge >= 0.3 is 0 Å². The number of aromatic nitrogens is 1. The van der Waals surface area contributed by atoms with Gasteiger partial charge in [0, 0.05) is 44.9 Å². The number of carbonyl (C=O) groups excluding carboxylic acids is 1. The fraction of sp³-hybridized carbons (Fsp3) is 0.522. The molecule has 1 unspecified atom stereocenters. The molecule has 4 rings (SSSR count). The first-order chi connectivity index (χ1) is 15.1. The highest BCUT2D eigenvalue weighted by atomic mass is 127. The van der Waals surface area contributed by atoms with Gasteiger partial charge < -0.3 is 24.3 Å². The molecule has 0 spiro atoms. The average molecular weight is 553 g/mol.